The van der Waals surface area contributed by atoms with Gasteiger partial charge in [-0.2, -0.15) is 0 Å². The topological polar surface area (TPSA) is 47.6 Å². The zero-order valence-corrected chi connectivity index (χ0v) is 14.0. The summed E-state index contributed by atoms with van der Waals surface area (Å²) in [6, 6.07) is 13.0. The molecule has 0 aromatic heterocycles. The Balaban J connectivity index is 1.86. The molecule has 0 aliphatic carbocycles. The number of methoxy groups -OCH3 is 2. The Morgan fingerprint density at radius 1 is 1.09 bits per heavy atom. The molecule has 1 amide bonds. The number of carbonyl (C=O) groups excluding carboxylic acids is 1. The normalized spacial score (nSPS) is 10.2. The molecule has 5 heteroatoms. The first-order valence-corrected chi connectivity index (χ1v) is 7.76. The highest BCUT2D eigenvalue weighted by Crippen LogP contribution is 2.29. The van der Waals surface area contributed by atoms with E-state index < -0.39 is 0 Å². The third-order valence-corrected chi connectivity index (χ3v) is 3.72. The predicted octanol–water partition coefficient (Wildman–Crippen LogP) is 4.32. The minimum Gasteiger partial charge on any atom is -0.497 e. The molecule has 0 aliphatic rings. The molecule has 1 N–H and O–H groups in total. The van der Waals surface area contributed by atoms with Crippen LogP contribution >= 0.6 is 11.6 Å². The number of amides is 1. The summed E-state index contributed by atoms with van der Waals surface area (Å²) in [6.07, 6.45) is 2.05. The van der Waals surface area contributed by atoms with E-state index in [9.17, 15) is 4.79 Å². The maximum absolute atomic E-state index is 12.1. The highest BCUT2D eigenvalue weighted by Gasteiger charge is 2.09. The number of nitrogens with one attached hydrogen (secondary N) is 1. The van der Waals surface area contributed by atoms with Crippen molar-refractivity contribution in [3.63, 3.8) is 0 Å². The number of hydrogen-bond donors (Lipinski definition) is 1. The van der Waals surface area contributed by atoms with Gasteiger partial charge in [-0.15, -0.1) is 0 Å². The average Bonchev–Trinajstić information content (AvgIpc) is 2.57. The summed E-state index contributed by atoms with van der Waals surface area (Å²) < 4.78 is 10.4. The lowest BCUT2D eigenvalue weighted by Gasteiger charge is -2.11. The van der Waals surface area contributed by atoms with Crippen molar-refractivity contribution < 1.29 is 14.3 Å². The van der Waals surface area contributed by atoms with Crippen molar-refractivity contribution in [1.29, 1.82) is 0 Å². The number of hydrogen-bond acceptors (Lipinski definition) is 3. The number of halogens is 1. The van der Waals surface area contributed by atoms with Gasteiger partial charge in [0.15, 0.2) is 0 Å². The van der Waals surface area contributed by atoms with Crippen LogP contribution in [0.25, 0.3) is 0 Å². The molecule has 0 saturated heterocycles. The molecular formula is C18H20ClNO3. The number of carbonyl (C=O) groups is 1. The Kier molecular flexibility index (Phi) is 6.29. The lowest BCUT2D eigenvalue weighted by Crippen LogP contribution is -2.12. The van der Waals surface area contributed by atoms with Crippen molar-refractivity contribution in [3.8, 4) is 11.5 Å². The second-order valence-corrected chi connectivity index (χ2v) is 5.53. The van der Waals surface area contributed by atoms with E-state index in [2.05, 4.69) is 5.32 Å². The van der Waals surface area contributed by atoms with Gasteiger partial charge in [0.05, 0.1) is 19.9 Å². The van der Waals surface area contributed by atoms with E-state index in [0.29, 0.717) is 23.6 Å². The molecule has 0 spiro atoms. The average molecular weight is 334 g/mol. The summed E-state index contributed by atoms with van der Waals surface area (Å²) >= 11 is 5.85. The molecule has 0 aliphatic heterocycles. The molecule has 122 valence electrons. The van der Waals surface area contributed by atoms with Gasteiger partial charge in [0.1, 0.15) is 11.5 Å². The molecule has 0 radical (unpaired) electrons. The minimum absolute atomic E-state index is 0.0394. The van der Waals surface area contributed by atoms with Crippen LogP contribution < -0.4 is 14.8 Å². The van der Waals surface area contributed by atoms with Crippen molar-refractivity contribution in [2.45, 2.75) is 19.3 Å². The second-order valence-electron chi connectivity index (χ2n) is 5.09. The smallest absolute Gasteiger partial charge is 0.224 e. The maximum atomic E-state index is 12.1. The van der Waals surface area contributed by atoms with Crippen molar-refractivity contribution in [3.05, 3.63) is 53.1 Å². The van der Waals surface area contributed by atoms with Gasteiger partial charge >= 0.3 is 0 Å². The van der Waals surface area contributed by atoms with E-state index in [1.165, 1.54) is 5.56 Å². The summed E-state index contributed by atoms with van der Waals surface area (Å²) in [5, 5.41) is 3.59. The van der Waals surface area contributed by atoms with Crippen LogP contribution in [0.15, 0.2) is 42.5 Å². The number of ether oxygens (including phenoxy) is 2. The lowest BCUT2D eigenvalue weighted by atomic mass is 10.1. The first-order chi connectivity index (χ1) is 11.1. The molecule has 0 unspecified atom stereocenters. The summed E-state index contributed by atoms with van der Waals surface area (Å²) in [4.78, 5) is 12.1. The van der Waals surface area contributed by atoms with Crippen LogP contribution in [0, 0.1) is 0 Å². The maximum Gasteiger partial charge on any atom is 0.224 e. The molecule has 0 heterocycles. The Hall–Kier alpha value is -2.20. The van der Waals surface area contributed by atoms with Crippen LogP contribution in [0.4, 0.5) is 5.69 Å². The Morgan fingerprint density at radius 2 is 1.83 bits per heavy atom. The van der Waals surface area contributed by atoms with Gasteiger partial charge in [-0.25, -0.2) is 0 Å². The Morgan fingerprint density at radius 3 is 2.48 bits per heavy atom. The molecular weight excluding hydrogens is 314 g/mol. The number of rotatable bonds is 7. The van der Waals surface area contributed by atoms with Crippen LogP contribution in [0.2, 0.25) is 5.02 Å². The Bertz CT molecular complexity index is 656. The minimum atomic E-state index is -0.0394. The molecule has 2 aromatic rings. The molecule has 23 heavy (non-hydrogen) atoms. The summed E-state index contributed by atoms with van der Waals surface area (Å²) in [7, 11) is 3.15. The van der Waals surface area contributed by atoms with Gasteiger partial charge in [0.25, 0.3) is 0 Å². The zero-order valence-electron chi connectivity index (χ0n) is 13.3. The number of aryl methyl sites for hydroxylation is 1. The highest BCUT2D eigenvalue weighted by atomic mass is 35.5. The third kappa shape index (κ3) is 5.18. The fraction of sp³-hybridized carbons (Fsp3) is 0.278. The van der Waals surface area contributed by atoms with Gasteiger partial charge in [-0.1, -0.05) is 23.7 Å². The molecule has 4 nitrogen and oxygen atoms in total. The van der Waals surface area contributed by atoms with Crippen molar-refractivity contribution in [2.75, 3.05) is 19.5 Å². The summed E-state index contributed by atoms with van der Waals surface area (Å²) in [6.45, 7) is 0. The fourth-order valence-corrected chi connectivity index (χ4v) is 2.34. The van der Waals surface area contributed by atoms with Crippen LogP contribution in [0.5, 0.6) is 11.5 Å². The molecule has 0 fully saturated rings. The predicted molar refractivity (Wildman–Crippen MR) is 92.6 cm³/mol. The van der Waals surface area contributed by atoms with Gasteiger partial charge < -0.3 is 14.8 Å². The van der Waals surface area contributed by atoms with Crippen LogP contribution in [0.1, 0.15) is 18.4 Å². The van der Waals surface area contributed by atoms with Gasteiger partial charge in [-0.3, -0.25) is 4.79 Å². The largest absolute Gasteiger partial charge is 0.497 e. The van der Waals surface area contributed by atoms with Crippen molar-refractivity contribution in [2.24, 2.45) is 0 Å². The van der Waals surface area contributed by atoms with E-state index in [0.717, 1.165) is 17.9 Å². The van der Waals surface area contributed by atoms with E-state index in [-0.39, 0.29) is 5.91 Å². The zero-order chi connectivity index (χ0) is 16.7. The van der Waals surface area contributed by atoms with Crippen molar-refractivity contribution >= 4 is 23.2 Å². The summed E-state index contributed by atoms with van der Waals surface area (Å²) in [5.41, 5.74) is 1.81. The van der Waals surface area contributed by atoms with Crippen LogP contribution in [0.3, 0.4) is 0 Å². The monoisotopic (exact) mass is 333 g/mol. The van der Waals surface area contributed by atoms with Gasteiger partial charge in [-0.05, 0) is 42.7 Å². The summed E-state index contributed by atoms with van der Waals surface area (Å²) in [5.74, 6) is 1.22. The third-order valence-electron chi connectivity index (χ3n) is 3.47. The van der Waals surface area contributed by atoms with E-state index in [4.69, 9.17) is 21.1 Å². The molecule has 0 atom stereocenters. The van der Waals surface area contributed by atoms with Gasteiger partial charge in [0, 0.05) is 17.5 Å². The van der Waals surface area contributed by atoms with E-state index in [1.807, 2.05) is 24.3 Å². The second kappa shape index (κ2) is 8.44. The van der Waals surface area contributed by atoms with Crippen molar-refractivity contribution in [1.82, 2.24) is 0 Å². The lowest BCUT2D eigenvalue weighted by molar-refractivity contribution is -0.116. The quantitative estimate of drug-likeness (QED) is 0.821. The van der Waals surface area contributed by atoms with Crippen LogP contribution in [-0.2, 0) is 11.2 Å². The first-order valence-electron chi connectivity index (χ1n) is 7.38. The van der Waals surface area contributed by atoms with E-state index in [1.54, 1.807) is 32.4 Å². The molecule has 2 aromatic carbocycles. The Labute approximate surface area is 141 Å². The molecule has 2 rings (SSSR count). The highest BCUT2D eigenvalue weighted by molar-refractivity contribution is 6.30. The molecule has 0 saturated carbocycles. The standard InChI is InChI=1S/C18H20ClNO3/c1-22-15-10-11-16(17(12-15)23-2)20-18(21)5-3-4-13-6-8-14(19)9-7-13/h6-12H,3-5H2,1-2H3,(H,20,21). The van der Waals surface area contributed by atoms with E-state index >= 15 is 0 Å². The molecule has 0 bridgehead atoms. The fourth-order valence-electron chi connectivity index (χ4n) is 2.22. The first kappa shape index (κ1) is 17.2. The number of benzene rings is 2. The van der Waals surface area contributed by atoms with Gasteiger partial charge in [0.2, 0.25) is 5.91 Å². The van der Waals surface area contributed by atoms with Crippen LogP contribution in [-0.4, -0.2) is 20.1 Å². The number of anilines is 1. The SMILES string of the molecule is COc1ccc(NC(=O)CCCc2ccc(Cl)cc2)c(OC)c1.